The monoisotopic (exact) mass is 274 g/mol. The van der Waals surface area contributed by atoms with E-state index in [9.17, 15) is 9.59 Å². The Labute approximate surface area is 114 Å². The van der Waals surface area contributed by atoms with Crippen molar-refractivity contribution in [2.24, 2.45) is 0 Å². The number of carboxylic acids is 1. The van der Waals surface area contributed by atoms with Gasteiger partial charge in [-0.2, -0.15) is 0 Å². The fourth-order valence-electron chi connectivity index (χ4n) is 1.74. The van der Waals surface area contributed by atoms with E-state index in [1.54, 1.807) is 12.1 Å². The normalized spacial score (nSPS) is 10.2. The summed E-state index contributed by atoms with van der Waals surface area (Å²) >= 11 is 0. The largest absolute Gasteiger partial charge is 0.478 e. The van der Waals surface area contributed by atoms with Crippen molar-refractivity contribution < 1.29 is 9.90 Å². The Morgan fingerprint density at radius 3 is 3.00 bits per heavy atom. The van der Waals surface area contributed by atoms with Gasteiger partial charge in [0.25, 0.3) is 5.56 Å². The van der Waals surface area contributed by atoms with Crippen molar-refractivity contribution in [2.45, 2.75) is 6.42 Å². The molecule has 1 aromatic carbocycles. The number of nitrogen functional groups attached to an aromatic ring is 1. The van der Waals surface area contributed by atoms with E-state index in [1.807, 2.05) is 6.07 Å². The SMILES string of the molecule is Nc1c(NCCc2cccc(C(=O)O)c2)nc[nH]c1=O. The molecular formula is C13H14N4O3. The van der Waals surface area contributed by atoms with Crippen LogP contribution < -0.4 is 16.6 Å². The number of hydrogen-bond donors (Lipinski definition) is 4. The number of nitrogens with two attached hydrogens (primary N) is 1. The molecule has 7 heteroatoms. The molecule has 104 valence electrons. The van der Waals surface area contributed by atoms with Gasteiger partial charge >= 0.3 is 5.97 Å². The average molecular weight is 274 g/mol. The van der Waals surface area contributed by atoms with Crippen LogP contribution in [0.3, 0.4) is 0 Å². The van der Waals surface area contributed by atoms with Crippen molar-refractivity contribution in [2.75, 3.05) is 17.6 Å². The molecule has 5 N–H and O–H groups in total. The number of aromatic amines is 1. The Kier molecular flexibility index (Phi) is 3.99. The Balaban J connectivity index is 1.99. The van der Waals surface area contributed by atoms with Crippen LogP contribution in [0.2, 0.25) is 0 Å². The van der Waals surface area contributed by atoms with E-state index in [1.165, 1.54) is 12.4 Å². The van der Waals surface area contributed by atoms with Gasteiger partial charge in [0.1, 0.15) is 5.69 Å². The minimum atomic E-state index is -0.958. The van der Waals surface area contributed by atoms with Crippen molar-refractivity contribution in [3.05, 3.63) is 52.1 Å². The summed E-state index contributed by atoms with van der Waals surface area (Å²) in [6.45, 7) is 0.490. The molecule has 0 saturated heterocycles. The Hall–Kier alpha value is -2.83. The molecule has 0 amide bonds. The fraction of sp³-hybridized carbons (Fsp3) is 0.154. The number of H-pyrrole nitrogens is 1. The number of benzene rings is 1. The highest BCUT2D eigenvalue weighted by Gasteiger charge is 2.05. The summed E-state index contributed by atoms with van der Waals surface area (Å²) in [7, 11) is 0. The smallest absolute Gasteiger partial charge is 0.335 e. The molecule has 1 aromatic heterocycles. The van der Waals surface area contributed by atoms with E-state index in [0.717, 1.165) is 5.56 Å². The van der Waals surface area contributed by atoms with E-state index in [-0.39, 0.29) is 11.3 Å². The van der Waals surface area contributed by atoms with Crippen LogP contribution in [0.15, 0.2) is 35.4 Å². The minimum absolute atomic E-state index is 0.0341. The highest BCUT2D eigenvalue weighted by atomic mass is 16.4. The third kappa shape index (κ3) is 3.14. The van der Waals surface area contributed by atoms with Crippen molar-refractivity contribution >= 4 is 17.5 Å². The van der Waals surface area contributed by atoms with E-state index < -0.39 is 11.5 Å². The predicted molar refractivity (Wildman–Crippen MR) is 74.9 cm³/mol. The Morgan fingerprint density at radius 2 is 2.25 bits per heavy atom. The topological polar surface area (TPSA) is 121 Å². The van der Waals surface area contributed by atoms with Crippen LogP contribution in [0.5, 0.6) is 0 Å². The zero-order valence-electron chi connectivity index (χ0n) is 10.6. The molecule has 0 saturated carbocycles. The zero-order valence-corrected chi connectivity index (χ0v) is 10.6. The van der Waals surface area contributed by atoms with E-state index >= 15 is 0 Å². The number of hydrogen-bond acceptors (Lipinski definition) is 5. The van der Waals surface area contributed by atoms with Crippen molar-refractivity contribution in [1.29, 1.82) is 0 Å². The van der Waals surface area contributed by atoms with Gasteiger partial charge < -0.3 is 21.1 Å². The average Bonchev–Trinajstić information content (AvgIpc) is 2.44. The number of nitrogens with one attached hydrogen (secondary N) is 2. The van der Waals surface area contributed by atoms with Crippen LogP contribution in [-0.4, -0.2) is 27.6 Å². The van der Waals surface area contributed by atoms with Gasteiger partial charge in [0.05, 0.1) is 11.9 Å². The molecule has 1 heterocycles. The first-order valence-electron chi connectivity index (χ1n) is 5.97. The maximum Gasteiger partial charge on any atom is 0.335 e. The number of carboxylic acid groups (broad SMARTS) is 1. The number of anilines is 2. The maximum absolute atomic E-state index is 11.3. The lowest BCUT2D eigenvalue weighted by atomic mass is 10.1. The van der Waals surface area contributed by atoms with Gasteiger partial charge in [0.2, 0.25) is 0 Å². The number of aromatic carboxylic acids is 1. The fourth-order valence-corrected chi connectivity index (χ4v) is 1.74. The molecule has 0 spiro atoms. The molecule has 0 aliphatic heterocycles. The van der Waals surface area contributed by atoms with Crippen LogP contribution in [0.1, 0.15) is 15.9 Å². The van der Waals surface area contributed by atoms with Crippen LogP contribution in [0.4, 0.5) is 11.5 Å². The highest BCUT2D eigenvalue weighted by molar-refractivity contribution is 5.87. The summed E-state index contributed by atoms with van der Waals surface area (Å²) in [6, 6.07) is 6.68. The quantitative estimate of drug-likeness (QED) is 0.637. The van der Waals surface area contributed by atoms with Crippen molar-refractivity contribution in [3.8, 4) is 0 Å². The van der Waals surface area contributed by atoms with Gasteiger partial charge in [0, 0.05) is 6.54 Å². The van der Waals surface area contributed by atoms with Crippen LogP contribution in [0, 0.1) is 0 Å². The second-order valence-electron chi connectivity index (χ2n) is 4.18. The first-order chi connectivity index (χ1) is 9.58. The minimum Gasteiger partial charge on any atom is -0.478 e. The van der Waals surface area contributed by atoms with Crippen LogP contribution in [0.25, 0.3) is 0 Å². The molecule has 0 radical (unpaired) electrons. The van der Waals surface area contributed by atoms with E-state index in [4.69, 9.17) is 10.8 Å². The molecule has 2 rings (SSSR count). The van der Waals surface area contributed by atoms with Gasteiger partial charge in [0.15, 0.2) is 5.82 Å². The summed E-state index contributed by atoms with van der Waals surface area (Å²) in [5, 5.41) is 11.8. The Morgan fingerprint density at radius 1 is 1.45 bits per heavy atom. The predicted octanol–water partition coefficient (Wildman–Crippen LogP) is 0.705. The maximum atomic E-state index is 11.3. The van der Waals surface area contributed by atoms with Crippen molar-refractivity contribution in [3.63, 3.8) is 0 Å². The first kappa shape index (κ1) is 13.6. The summed E-state index contributed by atoms with van der Waals surface area (Å²) in [6.07, 6.45) is 1.86. The highest BCUT2D eigenvalue weighted by Crippen LogP contribution is 2.09. The number of nitrogens with zero attached hydrogens (tertiary/aromatic N) is 1. The molecule has 0 unspecified atom stereocenters. The number of carbonyl (C=O) groups is 1. The molecule has 20 heavy (non-hydrogen) atoms. The summed E-state index contributed by atoms with van der Waals surface area (Å²) in [5.74, 6) is -0.636. The molecule has 0 bridgehead atoms. The molecule has 0 atom stereocenters. The van der Waals surface area contributed by atoms with Gasteiger partial charge in [-0.15, -0.1) is 0 Å². The van der Waals surface area contributed by atoms with E-state index in [2.05, 4.69) is 15.3 Å². The third-order valence-electron chi connectivity index (χ3n) is 2.77. The van der Waals surface area contributed by atoms with E-state index in [0.29, 0.717) is 18.8 Å². The van der Waals surface area contributed by atoms with Gasteiger partial charge in [-0.1, -0.05) is 12.1 Å². The van der Waals surface area contributed by atoms with Gasteiger partial charge in [-0.25, -0.2) is 9.78 Å². The summed E-state index contributed by atoms with van der Waals surface area (Å²) in [5.41, 5.74) is 6.34. The van der Waals surface area contributed by atoms with Gasteiger partial charge in [-0.05, 0) is 24.1 Å². The van der Waals surface area contributed by atoms with Crippen molar-refractivity contribution in [1.82, 2.24) is 9.97 Å². The number of aromatic nitrogens is 2. The summed E-state index contributed by atoms with van der Waals surface area (Å²) in [4.78, 5) is 28.4. The molecule has 0 aliphatic carbocycles. The second kappa shape index (κ2) is 5.87. The standard InChI is InChI=1S/C13H14N4O3/c14-10-11(16-7-17-12(10)18)15-5-4-8-2-1-3-9(6-8)13(19)20/h1-3,6-7H,4-5,14H2,(H,19,20)(H2,15,16,17,18). The molecule has 7 nitrogen and oxygen atoms in total. The molecule has 2 aromatic rings. The molecular weight excluding hydrogens is 260 g/mol. The Bertz CT molecular complexity index is 681. The third-order valence-corrected chi connectivity index (χ3v) is 2.77. The molecule has 0 aliphatic rings. The summed E-state index contributed by atoms with van der Waals surface area (Å²) < 4.78 is 0. The number of rotatable bonds is 5. The van der Waals surface area contributed by atoms with Crippen LogP contribution in [-0.2, 0) is 6.42 Å². The van der Waals surface area contributed by atoms with Crippen LogP contribution >= 0.6 is 0 Å². The zero-order chi connectivity index (χ0) is 14.5. The lowest BCUT2D eigenvalue weighted by Crippen LogP contribution is -2.17. The lowest BCUT2D eigenvalue weighted by molar-refractivity contribution is 0.0697. The first-order valence-corrected chi connectivity index (χ1v) is 5.97. The van der Waals surface area contributed by atoms with Gasteiger partial charge in [-0.3, -0.25) is 4.79 Å². The lowest BCUT2D eigenvalue weighted by Gasteiger charge is -2.07. The molecule has 0 fully saturated rings. The second-order valence-corrected chi connectivity index (χ2v) is 4.18.